The highest BCUT2D eigenvalue weighted by Gasteiger charge is 2.38. The molecule has 2 aromatic heterocycles. The van der Waals surface area contributed by atoms with Gasteiger partial charge in [0.25, 0.3) is 0 Å². The van der Waals surface area contributed by atoms with Crippen molar-refractivity contribution in [3.63, 3.8) is 0 Å². The normalized spacial score (nSPS) is 12.7. The Labute approximate surface area is 216 Å². The fourth-order valence-corrected chi connectivity index (χ4v) is 4.11. The van der Waals surface area contributed by atoms with Crippen LogP contribution in [0.15, 0.2) is 30.5 Å². The molecule has 0 saturated carbocycles. The Balaban J connectivity index is 1.83. The smallest absolute Gasteiger partial charge is 0.451 e. The summed E-state index contributed by atoms with van der Waals surface area (Å²) in [5, 5.41) is 3.92. The van der Waals surface area contributed by atoms with Crippen molar-refractivity contribution in [2.75, 3.05) is 13.2 Å². The number of benzene rings is 1. The van der Waals surface area contributed by atoms with Crippen molar-refractivity contribution in [2.24, 2.45) is 5.41 Å². The summed E-state index contributed by atoms with van der Waals surface area (Å²) in [6.07, 6.45) is -3.17. The SMILES string of the molecule is Cc1cc(OCC(C)(C)C)ncc1-c1ccc(-c2nc(C(F)(F)F)n(COCC[Si](C)(C)C)n2)c(F)c1. The number of aromatic nitrogens is 4. The number of hydrogen-bond donors (Lipinski definition) is 0. The van der Waals surface area contributed by atoms with Crippen molar-refractivity contribution < 1.29 is 27.0 Å². The molecule has 0 atom stereocenters. The van der Waals surface area contributed by atoms with Gasteiger partial charge in [-0.05, 0) is 41.6 Å². The van der Waals surface area contributed by atoms with E-state index in [0.29, 0.717) is 34.9 Å². The topological polar surface area (TPSA) is 62.1 Å². The summed E-state index contributed by atoms with van der Waals surface area (Å²) in [6.45, 7) is 14.8. The van der Waals surface area contributed by atoms with Crippen LogP contribution in [0.4, 0.5) is 17.6 Å². The summed E-state index contributed by atoms with van der Waals surface area (Å²) in [5.74, 6) is -1.86. The lowest BCUT2D eigenvalue weighted by molar-refractivity contribution is -0.150. The molecule has 0 radical (unpaired) electrons. The maximum absolute atomic E-state index is 15.1. The molecule has 0 aliphatic rings. The van der Waals surface area contributed by atoms with E-state index >= 15 is 4.39 Å². The molecule has 11 heteroatoms. The second-order valence-corrected chi connectivity index (χ2v) is 17.1. The summed E-state index contributed by atoms with van der Waals surface area (Å²) in [6, 6.07) is 6.79. The average Bonchev–Trinajstić information content (AvgIpc) is 3.19. The third kappa shape index (κ3) is 8.09. The summed E-state index contributed by atoms with van der Waals surface area (Å²) in [7, 11) is -1.41. The molecule has 0 N–H and O–H groups in total. The van der Waals surface area contributed by atoms with Gasteiger partial charge in [0.1, 0.15) is 12.5 Å². The minimum absolute atomic E-state index is 0.0275. The zero-order valence-corrected chi connectivity index (χ0v) is 23.3. The van der Waals surface area contributed by atoms with Crippen LogP contribution in [0.3, 0.4) is 0 Å². The van der Waals surface area contributed by atoms with Crippen molar-refractivity contribution in [1.29, 1.82) is 0 Å². The number of rotatable bonds is 9. The first-order valence-electron chi connectivity index (χ1n) is 12.0. The van der Waals surface area contributed by atoms with Gasteiger partial charge in [0.05, 0.1) is 12.2 Å². The second-order valence-electron chi connectivity index (χ2n) is 11.5. The molecule has 0 fully saturated rings. The Morgan fingerprint density at radius 1 is 1.03 bits per heavy atom. The zero-order valence-electron chi connectivity index (χ0n) is 22.3. The molecule has 0 amide bonds. The van der Waals surface area contributed by atoms with Crippen LogP contribution in [-0.4, -0.2) is 41.0 Å². The monoisotopic (exact) mass is 538 g/mol. The summed E-state index contributed by atoms with van der Waals surface area (Å²) in [5.41, 5.74) is 1.87. The van der Waals surface area contributed by atoms with Crippen LogP contribution in [0.2, 0.25) is 25.7 Å². The van der Waals surface area contributed by atoms with Crippen LogP contribution in [-0.2, 0) is 17.6 Å². The standard InChI is InChI=1S/C26H34F4N4O2Si/c1-17-12-22(36-15-25(2,3)4)31-14-20(17)18-8-9-19(21(27)13-18)23-32-24(26(28,29)30)34(33-23)16-35-10-11-37(5,6)7/h8-9,12-14H,10-11,15-16H2,1-7H3. The van der Waals surface area contributed by atoms with E-state index in [4.69, 9.17) is 9.47 Å². The molecule has 1 aromatic carbocycles. The first-order valence-corrected chi connectivity index (χ1v) is 15.7. The number of hydrogen-bond acceptors (Lipinski definition) is 5. The molecule has 202 valence electrons. The van der Waals surface area contributed by atoms with Crippen molar-refractivity contribution in [3.05, 3.63) is 47.7 Å². The first kappa shape index (κ1) is 28.8. The Hall–Kier alpha value is -2.79. The summed E-state index contributed by atoms with van der Waals surface area (Å²) >= 11 is 0. The molecule has 0 saturated heterocycles. The Morgan fingerprint density at radius 3 is 2.30 bits per heavy atom. The second kappa shape index (κ2) is 10.9. The third-order valence-corrected chi connectivity index (χ3v) is 7.10. The van der Waals surface area contributed by atoms with E-state index in [2.05, 4.69) is 55.5 Å². The molecule has 0 spiro atoms. The number of alkyl halides is 3. The molecule has 3 aromatic rings. The molecule has 6 nitrogen and oxygen atoms in total. The number of pyridine rings is 1. The van der Waals surface area contributed by atoms with Gasteiger partial charge in [-0.3, -0.25) is 0 Å². The fourth-order valence-electron chi connectivity index (χ4n) is 3.35. The van der Waals surface area contributed by atoms with Crippen molar-refractivity contribution in [3.8, 4) is 28.4 Å². The Morgan fingerprint density at radius 2 is 1.73 bits per heavy atom. The van der Waals surface area contributed by atoms with Gasteiger partial charge in [-0.2, -0.15) is 13.2 Å². The van der Waals surface area contributed by atoms with Gasteiger partial charge in [-0.25, -0.2) is 19.0 Å². The molecule has 37 heavy (non-hydrogen) atoms. The van der Waals surface area contributed by atoms with Crippen LogP contribution >= 0.6 is 0 Å². The minimum Gasteiger partial charge on any atom is -0.477 e. The first-order chi connectivity index (χ1) is 17.0. The quantitative estimate of drug-likeness (QED) is 0.164. The molecule has 3 rings (SSSR count). The highest BCUT2D eigenvalue weighted by Crippen LogP contribution is 2.33. The summed E-state index contributed by atoms with van der Waals surface area (Å²) < 4.78 is 67.6. The van der Waals surface area contributed by atoms with Gasteiger partial charge in [-0.1, -0.05) is 46.5 Å². The maximum Gasteiger partial charge on any atom is 0.451 e. The maximum atomic E-state index is 15.1. The minimum atomic E-state index is -4.76. The highest BCUT2D eigenvalue weighted by atomic mass is 28.3. The lowest BCUT2D eigenvalue weighted by Gasteiger charge is -2.18. The largest absolute Gasteiger partial charge is 0.477 e. The number of ether oxygens (including phenoxy) is 2. The molecule has 0 aliphatic carbocycles. The van der Waals surface area contributed by atoms with Crippen LogP contribution in [0.25, 0.3) is 22.5 Å². The van der Waals surface area contributed by atoms with Crippen molar-refractivity contribution in [1.82, 2.24) is 19.7 Å². The van der Waals surface area contributed by atoms with Gasteiger partial charge < -0.3 is 9.47 Å². The van der Waals surface area contributed by atoms with E-state index in [-0.39, 0.29) is 16.8 Å². The molecule has 0 bridgehead atoms. The van der Waals surface area contributed by atoms with Crippen molar-refractivity contribution >= 4 is 8.07 Å². The lowest BCUT2D eigenvalue weighted by atomic mass is 9.98. The predicted molar refractivity (Wildman–Crippen MR) is 137 cm³/mol. The van der Waals surface area contributed by atoms with E-state index in [9.17, 15) is 13.2 Å². The van der Waals surface area contributed by atoms with Gasteiger partial charge >= 0.3 is 6.18 Å². The zero-order chi connectivity index (χ0) is 27.6. The highest BCUT2D eigenvalue weighted by molar-refractivity contribution is 6.76. The predicted octanol–water partition coefficient (Wildman–Crippen LogP) is 7.21. The van der Waals surface area contributed by atoms with Crippen LogP contribution < -0.4 is 4.74 Å². The van der Waals surface area contributed by atoms with Crippen LogP contribution in [0.5, 0.6) is 5.88 Å². The van der Waals surface area contributed by atoms with Gasteiger partial charge in [0.15, 0.2) is 5.82 Å². The van der Waals surface area contributed by atoms with E-state index < -0.39 is 32.6 Å². The average molecular weight is 539 g/mol. The van der Waals surface area contributed by atoms with Crippen molar-refractivity contribution in [2.45, 2.75) is 66.3 Å². The molecular weight excluding hydrogens is 504 g/mol. The Bertz CT molecular complexity index is 1230. The summed E-state index contributed by atoms with van der Waals surface area (Å²) in [4.78, 5) is 7.91. The number of halogens is 4. The molecular formula is C26H34F4N4O2Si. The van der Waals surface area contributed by atoms with Crippen LogP contribution in [0.1, 0.15) is 32.2 Å². The number of aryl methyl sites for hydroxylation is 1. The third-order valence-electron chi connectivity index (χ3n) is 5.40. The van der Waals surface area contributed by atoms with Crippen LogP contribution in [0, 0.1) is 18.2 Å². The van der Waals surface area contributed by atoms with E-state index in [0.717, 1.165) is 11.6 Å². The van der Waals surface area contributed by atoms with Gasteiger partial charge in [0, 0.05) is 32.5 Å². The number of nitrogens with zero attached hydrogens (tertiary/aromatic N) is 4. The fraction of sp³-hybridized carbons (Fsp3) is 0.500. The van der Waals surface area contributed by atoms with E-state index in [1.807, 2.05) is 6.92 Å². The van der Waals surface area contributed by atoms with Gasteiger partial charge in [-0.15, -0.1) is 5.10 Å². The Kier molecular flexibility index (Phi) is 8.48. The van der Waals surface area contributed by atoms with Gasteiger partial charge in [0.2, 0.25) is 11.7 Å². The molecule has 0 unspecified atom stereocenters. The molecule has 2 heterocycles. The van der Waals surface area contributed by atoms with E-state index in [1.165, 1.54) is 12.1 Å². The molecule has 0 aliphatic heterocycles. The lowest BCUT2D eigenvalue weighted by Crippen LogP contribution is -2.23. The van der Waals surface area contributed by atoms with E-state index in [1.54, 1.807) is 18.3 Å².